The van der Waals surface area contributed by atoms with Crippen molar-refractivity contribution in [3.63, 3.8) is 0 Å². The number of Topliss-reactive ketones (excluding diaryl/α,β-unsaturated/α-hetero) is 1. The minimum Gasteiger partial charge on any atom is -0.462 e. The van der Waals surface area contributed by atoms with Crippen LogP contribution in [-0.4, -0.2) is 55.1 Å². The first-order valence-corrected chi connectivity index (χ1v) is 9.59. The number of carbonyl (C=O) groups excluding carboxylic acids is 5. The molecule has 6 atom stereocenters. The van der Waals surface area contributed by atoms with Crippen molar-refractivity contribution < 1.29 is 42.9 Å². The summed E-state index contributed by atoms with van der Waals surface area (Å²) >= 11 is 0. The summed E-state index contributed by atoms with van der Waals surface area (Å²) in [7, 11) is 0. The quantitative estimate of drug-likeness (QED) is 0.235. The largest absolute Gasteiger partial charge is 0.462 e. The van der Waals surface area contributed by atoms with Gasteiger partial charge in [0.1, 0.15) is 31.2 Å². The van der Waals surface area contributed by atoms with Crippen LogP contribution in [0.15, 0.2) is 12.2 Å². The Hall–Kier alpha value is -2.71. The number of carbonyl (C=O) groups is 5. The number of hydrogen-bond donors (Lipinski definition) is 0. The van der Waals surface area contributed by atoms with Gasteiger partial charge in [0, 0.05) is 23.3 Å². The highest BCUT2D eigenvalue weighted by Gasteiger charge is 2.68. The zero-order valence-corrected chi connectivity index (χ0v) is 16.4. The molecule has 2 aliphatic carbocycles. The first-order valence-electron chi connectivity index (χ1n) is 9.59. The molecule has 0 aromatic heterocycles. The molecule has 1 heterocycles. The van der Waals surface area contributed by atoms with Gasteiger partial charge >= 0.3 is 23.9 Å². The molecule has 158 valence electrons. The summed E-state index contributed by atoms with van der Waals surface area (Å²) in [4.78, 5) is 59.1. The van der Waals surface area contributed by atoms with Gasteiger partial charge < -0.3 is 18.9 Å². The number of ether oxygens (including phenoxy) is 4. The first kappa shape index (κ1) is 21.0. The highest BCUT2D eigenvalue weighted by atomic mass is 16.6. The van der Waals surface area contributed by atoms with Gasteiger partial charge in [-0.15, -0.1) is 0 Å². The summed E-state index contributed by atoms with van der Waals surface area (Å²) in [6, 6.07) is 0. The van der Waals surface area contributed by atoms with Crippen LogP contribution in [0.1, 0.15) is 33.1 Å². The maximum Gasteiger partial charge on any atom is 0.333 e. The molecule has 3 fully saturated rings. The van der Waals surface area contributed by atoms with Crippen molar-refractivity contribution in [3.8, 4) is 0 Å². The van der Waals surface area contributed by atoms with E-state index in [-0.39, 0.29) is 49.2 Å². The summed E-state index contributed by atoms with van der Waals surface area (Å²) in [6.07, 6.45) is -0.938. The van der Waals surface area contributed by atoms with E-state index in [0.29, 0.717) is 6.42 Å². The molecule has 0 amide bonds. The predicted octanol–water partition coefficient (Wildman–Crippen LogP) is 0.737. The number of ketones is 1. The van der Waals surface area contributed by atoms with Gasteiger partial charge in [0.05, 0.1) is 18.8 Å². The Balaban J connectivity index is 1.42. The van der Waals surface area contributed by atoms with E-state index in [0.717, 1.165) is 0 Å². The second kappa shape index (κ2) is 8.34. The van der Waals surface area contributed by atoms with E-state index >= 15 is 0 Å². The molecular formula is C20H24O9. The zero-order valence-electron chi connectivity index (χ0n) is 16.4. The van der Waals surface area contributed by atoms with Crippen molar-refractivity contribution in [1.82, 2.24) is 0 Å². The SMILES string of the molecule is C=C(C)C(=O)OCCOC(=O)CCC(=O)OC1C2CC3C1OC(=O)C3C2C(C)=O. The fourth-order valence-corrected chi connectivity index (χ4v) is 4.60. The second-order valence-electron chi connectivity index (χ2n) is 7.72. The fourth-order valence-electron chi connectivity index (χ4n) is 4.60. The summed E-state index contributed by atoms with van der Waals surface area (Å²) in [5.74, 6) is -3.53. The molecule has 9 nitrogen and oxygen atoms in total. The monoisotopic (exact) mass is 408 g/mol. The van der Waals surface area contributed by atoms with Crippen LogP contribution in [0.5, 0.6) is 0 Å². The lowest BCUT2D eigenvalue weighted by Gasteiger charge is -2.30. The Morgan fingerprint density at radius 3 is 2.34 bits per heavy atom. The van der Waals surface area contributed by atoms with E-state index in [2.05, 4.69) is 6.58 Å². The van der Waals surface area contributed by atoms with E-state index < -0.39 is 47.9 Å². The molecule has 2 saturated carbocycles. The topological polar surface area (TPSA) is 122 Å². The molecule has 9 heteroatoms. The molecule has 2 bridgehead atoms. The average Bonchev–Trinajstić information content (AvgIpc) is 3.26. The Morgan fingerprint density at radius 2 is 1.69 bits per heavy atom. The van der Waals surface area contributed by atoms with Crippen LogP contribution in [0, 0.1) is 23.7 Å². The standard InChI is InChI=1S/C20H24O9/c1-9(2)19(24)27-7-6-26-13(22)4-5-14(23)28-17-11-8-12-16(15(11)10(3)21)20(25)29-18(12)17/h11-12,15-18H,1,4-8H2,2-3H3. The smallest absolute Gasteiger partial charge is 0.333 e. The van der Waals surface area contributed by atoms with Crippen molar-refractivity contribution in [2.45, 2.75) is 45.3 Å². The van der Waals surface area contributed by atoms with E-state index in [1.54, 1.807) is 0 Å². The third kappa shape index (κ3) is 4.18. The first-order chi connectivity index (χ1) is 13.7. The van der Waals surface area contributed by atoms with E-state index in [4.69, 9.17) is 18.9 Å². The van der Waals surface area contributed by atoms with Crippen LogP contribution in [0.4, 0.5) is 0 Å². The van der Waals surface area contributed by atoms with Gasteiger partial charge in [0.2, 0.25) is 0 Å². The minimum absolute atomic E-state index is 0.0916. The van der Waals surface area contributed by atoms with Gasteiger partial charge in [0.15, 0.2) is 0 Å². The number of hydrogen-bond acceptors (Lipinski definition) is 9. The highest BCUT2D eigenvalue weighted by molar-refractivity contribution is 5.89. The van der Waals surface area contributed by atoms with Crippen LogP contribution >= 0.6 is 0 Å². The van der Waals surface area contributed by atoms with Crippen LogP contribution in [0.25, 0.3) is 0 Å². The van der Waals surface area contributed by atoms with Crippen molar-refractivity contribution in [1.29, 1.82) is 0 Å². The lowest BCUT2D eigenvalue weighted by molar-refractivity contribution is -0.164. The molecule has 1 saturated heterocycles. The predicted molar refractivity (Wildman–Crippen MR) is 95.0 cm³/mol. The molecule has 0 aromatic carbocycles. The van der Waals surface area contributed by atoms with Crippen LogP contribution in [0.2, 0.25) is 0 Å². The molecule has 0 N–H and O–H groups in total. The molecule has 0 aromatic rings. The van der Waals surface area contributed by atoms with Crippen LogP contribution in [0.3, 0.4) is 0 Å². The van der Waals surface area contributed by atoms with Crippen LogP contribution < -0.4 is 0 Å². The molecule has 3 aliphatic rings. The Morgan fingerprint density at radius 1 is 1.03 bits per heavy atom. The zero-order chi connectivity index (χ0) is 21.3. The minimum atomic E-state index is -0.651. The van der Waals surface area contributed by atoms with Crippen molar-refractivity contribution in [2.75, 3.05) is 13.2 Å². The Labute approximate surface area is 167 Å². The molecule has 6 unspecified atom stereocenters. The summed E-state index contributed by atoms with van der Waals surface area (Å²) < 4.78 is 20.5. The third-order valence-corrected chi connectivity index (χ3v) is 5.74. The normalized spacial score (nSPS) is 31.2. The maximum absolute atomic E-state index is 12.2. The maximum atomic E-state index is 12.2. The number of fused-ring (bicyclic) bond motifs is 1. The van der Waals surface area contributed by atoms with Crippen molar-refractivity contribution in [3.05, 3.63) is 12.2 Å². The van der Waals surface area contributed by atoms with Gasteiger partial charge in [-0.25, -0.2) is 4.79 Å². The lowest BCUT2D eigenvalue weighted by atomic mass is 9.76. The lowest BCUT2D eigenvalue weighted by Crippen LogP contribution is -2.42. The van der Waals surface area contributed by atoms with Gasteiger partial charge in [-0.3, -0.25) is 19.2 Å². The van der Waals surface area contributed by atoms with Gasteiger partial charge in [0.25, 0.3) is 0 Å². The summed E-state index contributed by atoms with van der Waals surface area (Å²) in [5, 5.41) is 0. The van der Waals surface area contributed by atoms with E-state index in [1.807, 2.05) is 0 Å². The highest BCUT2D eigenvalue weighted by Crippen LogP contribution is 2.58. The van der Waals surface area contributed by atoms with Crippen molar-refractivity contribution in [2.24, 2.45) is 23.7 Å². The average molecular weight is 408 g/mol. The van der Waals surface area contributed by atoms with E-state index in [1.165, 1.54) is 13.8 Å². The Bertz CT molecular complexity index is 755. The molecule has 1 aliphatic heterocycles. The molecule has 0 spiro atoms. The summed E-state index contributed by atoms with van der Waals surface area (Å²) in [5.41, 5.74) is 0.242. The molecule has 0 radical (unpaired) electrons. The third-order valence-electron chi connectivity index (χ3n) is 5.74. The molecule has 29 heavy (non-hydrogen) atoms. The second-order valence-corrected chi connectivity index (χ2v) is 7.72. The number of esters is 4. The van der Waals surface area contributed by atoms with E-state index in [9.17, 15) is 24.0 Å². The van der Waals surface area contributed by atoms with Gasteiger partial charge in [-0.05, 0) is 20.3 Å². The van der Waals surface area contributed by atoms with Gasteiger partial charge in [-0.2, -0.15) is 0 Å². The molecule has 3 rings (SSSR count). The molecular weight excluding hydrogens is 384 g/mol. The van der Waals surface area contributed by atoms with Crippen molar-refractivity contribution >= 4 is 29.7 Å². The summed E-state index contributed by atoms with van der Waals surface area (Å²) in [6.45, 7) is 6.14. The van der Waals surface area contributed by atoms with Crippen LogP contribution in [-0.2, 0) is 42.9 Å². The van der Waals surface area contributed by atoms with Gasteiger partial charge in [-0.1, -0.05) is 6.58 Å². The number of rotatable bonds is 9. The Kier molecular flexibility index (Phi) is 6.04. The fraction of sp³-hybridized carbons (Fsp3) is 0.650.